The van der Waals surface area contributed by atoms with Crippen LogP contribution in [0.25, 0.3) is 10.9 Å². The van der Waals surface area contributed by atoms with Crippen LogP contribution in [-0.4, -0.2) is 48.0 Å². The highest BCUT2D eigenvalue weighted by molar-refractivity contribution is 6.34. The summed E-state index contributed by atoms with van der Waals surface area (Å²) in [5, 5.41) is 12.3. The Morgan fingerprint density at radius 2 is 2.00 bits per heavy atom. The van der Waals surface area contributed by atoms with E-state index in [1.54, 1.807) is 4.90 Å². The van der Waals surface area contributed by atoms with Crippen LogP contribution in [0, 0.1) is 5.82 Å². The summed E-state index contributed by atoms with van der Waals surface area (Å²) in [5.41, 5.74) is -1.29. The van der Waals surface area contributed by atoms with Crippen molar-refractivity contribution in [2.24, 2.45) is 0 Å². The van der Waals surface area contributed by atoms with Gasteiger partial charge in [-0.3, -0.25) is 4.79 Å². The molecular weight excluding hydrogens is 368 g/mol. The van der Waals surface area contributed by atoms with E-state index in [1.165, 1.54) is 10.6 Å². The highest BCUT2D eigenvalue weighted by Gasteiger charge is 2.41. The molecule has 0 spiro atoms. The van der Waals surface area contributed by atoms with E-state index >= 15 is 4.39 Å². The van der Waals surface area contributed by atoms with Crippen LogP contribution in [0.3, 0.4) is 0 Å². The van der Waals surface area contributed by atoms with Crippen molar-refractivity contribution in [1.82, 2.24) is 9.88 Å². The van der Waals surface area contributed by atoms with Crippen LogP contribution in [0.4, 0.5) is 14.5 Å². The first kappa shape index (κ1) is 17.2. The highest BCUT2D eigenvalue weighted by Crippen LogP contribution is 2.43. The Hall–Kier alpha value is -2.19. The van der Waals surface area contributed by atoms with Crippen LogP contribution in [0.15, 0.2) is 17.1 Å². The summed E-state index contributed by atoms with van der Waals surface area (Å²) in [6, 6.07) is 0.612. The maximum Gasteiger partial charge on any atom is 0.341 e. The van der Waals surface area contributed by atoms with Gasteiger partial charge in [-0.15, -0.1) is 0 Å². The molecule has 2 N–H and O–H groups in total. The summed E-state index contributed by atoms with van der Waals surface area (Å²) in [6.07, 6.45) is -0.00209. The topological polar surface area (TPSA) is 74.6 Å². The monoisotopic (exact) mass is 383 g/mol. The Labute approximate surface area is 152 Å². The van der Waals surface area contributed by atoms with E-state index in [0.29, 0.717) is 26.2 Å². The molecule has 4 rings (SSSR count). The van der Waals surface area contributed by atoms with Gasteiger partial charge in [0.1, 0.15) is 11.7 Å². The molecule has 1 aromatic heterocycles. The molecule has 0 amide bonds. The largest absolute Gasteiger partial charge is 0.477 e. The molecule has 2 aliphatic rings. The molecule has 2 atom stereocenters. The molecule has 1 aromatic carbocycles. The lowest BCUT2D eigenvalue weighted by molar-refractivity contribution is 0.0694. The van der Waals surface area contributed by atoms with Crippen molar-refractivity contribution in [3.05, 3.63) is 38.9 Å². The second-order valence-corrected chi connectivity index (χ2v) is 6.96. The first-order valence-corrected chi connectivity index (χ1v) is 8.68. The Balaban J connectivity index is 2.02. The maximum absolute atomic E-state index is 15.4. The molecular formula is C17H16ClF2N3O3. The van der Waals surface area contributed by atoms with Gasteiger partial charge in [-0.1, -0.05) is 11.6 Å². The van der Waals surface area contributed by atoms with Crippen LogP contribution in [-0.2, 0) is 0 Å². The van der Waals surface area contributed by atoms with Crippen molar-refractivity contribution >= 4 is 34.2 Å². The fourth-order valence-electron chi connectivity index (χ4n) is 3.46. The van der Waals surface area contributed by atoms with E-state index in [4.69, 9.17) is 11.6 Å². The predicted octanol–water partition coefficient (Wildman–Crippen LogP) is 2.18. The third-order valence-electron chi connectivity index (χ3n) is 4.89. The van der Waals surface area contributed by atoms with Gasteiger partial charge in [-0.25, -0.2) is 13.6 Å². The van der Waals surface area contributed by atoms with Gasteiger partial charge in [0.2, 0.25) is 5.43 Å². The number of anilines is 1. The average molecular weight is 384 g/mol. The smallest absolute Gasteiger partial charge is 0.341 e. The minimum absolute atomic E-state index is 0.0377. The molecule has 1 aliphatic carbocycles. The molecule has 26 heavy (non-hydrogen) atoms. The molecule has 6 nitrogen and oxygen atoms in total. The van der Waals surface area contributed by atoms with E-state index < -0.39 is 35.0 Å². The van der Waals surface area contributed by atoms with E-state index in [2.05, 4.69) is 5.32 Å². The molecule has 2 aromatic rings. The number of carboxylic acid groups (broad SMARTS) is 1. The molecule has 2 unspecified atom stereocenters. The molecule has 0 bridgehead atoms. The number of nitrogens with zero attached hydrogens (tertiary/aromatic N) is 2. The third-order valence-corrected chi connectivity index (χ3v) is 5.17. The van der Waals surface area contributed by atoms with Crippen LogP contribution >= 0.6 is 11.6 Å². The van der Waals surface area contributed by atoms with Crippen LogP contribution in [0.5, 0.6) is 0 Å². The number of rotatable bonds is 3. The van der Waals surface area contributed by atoms with Gasteiger partial charge in [-0.05, 0) is 6.07 Å². The number of nitrogens with one attached hydrogen (secondary N) is 1. The van der Waals surface area contributed by atoms with Crippen molar-refractivity contribution in [2.45, 2.75) is 18.6 Å². The van der Waals surface area contributed by atoms with Gasteiger partial charge in [0.05, 0.1) is 27.7 Å². The number of hydrogen-bond acceptors (Lipinski definition) is 4. The Bertz CT molecular complexity index is 972. The SMILES string of the molecule is O=C(O)c1cn(C2CC2F)c2c(F)c(N3CCNCC3)c(Cl)cc2c1=O. The summed E-state index contributed by atoms with van der Waals surface area (Å²) in [6.45, 7) is 2.39. The number of pyridine rings is 1. The summed E-state index contributed by atoms with van der Waals surface area (Å²) < 4.78 is 30.3. The number of aromatic nitrogens is 1. The lowest BCUT2D eigenvalue weighted by Crippen LogP contribution is -2.44. The van der Waals surface area contributed by atoms with Crippen molar-refractivity contribution in [1.29, 1.82) is 0 Å². The van der Waals surface area contributed by atoms with Gasteiger partial charge in [0.15, 0.2) is 5.82 Å². The summed E-state index contributed by atoms with van der Waals surface area (Å²) in [5.74, 6) is -2.16. The number of fused-ring (bicyclic) bond motifs is 1. The second kappa shape index (κ2) is 6.21. The van der Waals surface area contributed by atoms with E-state index in [9.17, 15) is 19.1 Å². The maximum atomic E-state index is 15.4. The van der Waals surface area contributed by atoms with Crippen LogP contribution in [0.1, 0.15) is 22.8 Å². The van der Waals surface area contributed by atoms with Gasteiger partial charge in [0, 0.05) is 38.8 Å². The number of aromatic carboxylic acids is 1. The van der Waals surface area contributed by atoms with Gasteiger partial charge in [0.25, 0.3) is 0 Å². The quantitative estimate of drug-likeness (QED) is 0.849. The second-order valence-electron chi connectivity index (χ2n) is 6.56. The number of benzene rings is 1. The predicted molar refractivity (Wildman–Crippen MR) is 93.8 cm³/mol. The summed E-state index contributed by atoms with van der Waals surface area (Å²) in [4.78, 5) is 25.7. The number of halogens is 3. The molecule has 2 fully saturated rings. The Morgan fingerprint density at radius 1 is 1.35 bits per heavy atom. The summed E-state index contributed by atoms with van der Waals surface area (Å²) >= 11 is 6.25. The number of alkyl halides is 1. The lowest BCUT2D eigenvalue weighted by atomic mass is 10.1. The van der Waals surface area contributed by atoms with Gasteiger partial charge >= 0.3 is 5.97 Å². The minimum atomic E-state index is -1.44. The standard InChI is InChI=1S/C17H16ClF2N3O3/c18-10-5-8-14(13(20)15(10)22-3-1-21-2-4-22)23(12-6-11(12)19)7-9(16(8)24)17(25)26/h5,7,11-12,21H,1-4,6H2,(H,25,26). The van der Waals surface area contributed by atoms with Crippen LogP contribution in [0.2, 0.25) is 5.02 Å². The Morgan fingerprint density at radius 3 is 2.58 bits per heavy atom. The Kier molecular flexibility index (Phi) is 4.11. The van der Waals surface area contributed by atoms with Gasteiger partial charge < -0.3 is 19.9 Å². The minimum Gasteiger partial charge on any atom is -0.477 e. The molecule has 1 saturated carbocycles. The number of hydrogen-bond donors (Lipinski definition) is 2. The molecule has 138 valence electrons. The van der Waals surface area contributed by atoms with E-state index in [-0.39, 0.29) is 28.0 Å². The van der Waals surface area contributed by atoms with Crippen molar-refractivity contribution in [3.63, 3.8) is 0 Å². The number of carbonyl (C=O) groups is 1. The highest BCUT2D eigenvalue weighted by atomic mass is 35.5. The normalized spacial score (nSPS) is 22.7. The molecule has 1 aliphatic heterocycles. The third kappa shape index (κ3) is 2.64. The molecule has 0 radical (unpaired) electrons. The number of carboxylic acids is 1. The summed E-state index contributed by atoms with van der Waals surface area (Å²) in [7, 11) is 0. The van der Waals surface area contributed by atoms with E-state index in [1.807, 2.05) is 0 Å². The van der Waals surface area contributed by atoms with Crippen molar-refractivity contribution < 1.29 is 18.7 Å². The van der Waals surface area contributed by atoms with Crippen molar-refractivity contribution in [2.75, 3.05) is 31.1 Å². The first-order valence-electron chi connectivity index (χ1n) is 8.30. The zero-order valence-corrected chi connectivity index (χ0v) is 14.4. The average Bonchev–Trinajstić information content (AvgIpc) is 3.33. The van der Waals surface area contributed by atoms with Crippen molar-refractivity contribution in [3.8, 4) is 0 Å². The molecule has 2 heterocycles. The molecule has 1 saturated heterocycles. The van der Waals surface area contributed by atoms with Gasteiger partial charge in [-0.2, -0.15) is 0 Å². The lowest BCUT2D eigenvalue weighted by Gasteiger charge is -2.31. The molecule has 9 heteroatoms. The van der Waals surface area contributed by atoms with Crippen LogP contribution < -0.4 is 15.6 Å². The van der Waals surface area contributed by atoms with E-state index in [0.717, 1.165) is 6.20 Å². The first-order chi connectivity index (χ1) is 12.4. The number of piperazine rings is 1. The fraction of sp³-hybridized carbons (Fsp3) is 0.412. The fourth-order valence-corrected chi connectivity index (χ4v) is 3.78. The zero-order valence-electron chi connectivity index (χ0n) is 13.6. The zero-order chi connectivity index (χ0) is 18.6.